The summed E-state index contributed by atoms with van der Waals surface area (Å²) in [5, 5.41) is 5.89. The average Bonchev–Trinajstić information content (AvgIpc) is 2.99. The molecule has 0 amide bonds. The van der Waals surface area contributed by atoms with Crippen LogP contribution in [0.15, 0.2) is 146 Å². The van der Waals surface area contributed by atoms with Crippen molar-refractivity contribution in [1.29, 1.82) is 0 Å². The molecule has 5 aromatic rings. The summed E-state index contributed by atoms with van der Waals surface area (Å²) in [4.78, 5) is 0. The number of benzene rings is 5. The van der Waals surface area contributed by atoms with E-state index in [1.54, 1.807) is 0 Å². The third-order valence-electron chi connectivity index (χ3n) is 5.70. The van der Waals surface area contributed by atoms with Crippen molar-refractivity contribution in [1.82, 2.24) is 0 Å². The molecule has 0 spiro atoms. The molecule has 0 atom stereocenters. The van der Waals surface area contributed by atoms with Crippen molar-refractivity contribution in [2.75, 3.05) is 12.3 Å². The summed E-state index contributed by atoms with van der Waals surface area (Å²) < 4.78 is 0. The van der Waals surface area contributed by atoms with Gasteiger partial charge >= 0.3 is 35.1 Å². The Bertz CT molecular complexity index is 1080. The minimum Gasteiger partial charge on any atom is -0.0622 e. The average molecular weight is 723 g/mol. The molecule has 0 nitrogen and oxygen atoms in total. The van der Waals surface area contributed by atoms with Gasteiger partial charge in [0.1, 0.15) is 0 Å². The summed E-state index contributed by atoms with van der Waals surface area (Å²) in [5.41, 5.74) is 1.29. The van der Waals surface area contributed by atoms with E-state index in [9.17, 15) is 0 Å². The zero-order valence-corrected chi connectivity index (χ0v) is 26.4. The maximum absolute atomic E-state index is 2.93. The van der Waals surface area contributed by atoms with Gasteiger partial charge in [-0.2, -0.15) is 35.9 Å². The zero-order valence-electron chi connectivity index (χ0n) is 20.9. The van der Waals surface area contributed by atoms with Gasteiger partial charge < -0.3 is 0 Å². The summed E-state index contributed by atoms with van der Waals surface area (Å²) in [5.74, 6) is 0. The third-order valence-corrected chi connectivity index (χ3v) is 11.1. The Kier molecular flexibility index (Phi) is 14.4. The van der Waals surface area contributed by atoms with E-state index in [1.165, 1.54) is 39.1 Å². The van der Waals surface area contributed by atoms with Gasteiger partial charge in [0.25, 0.3) is 0 Å². The maximum Gasteiger partial charge on any atom is -0.0195 e. The van der Waals surface area contributed by atoms with Crippen molar-refractivity contribution in [3.05, 3.63) is 157 Å². The normalized spacial score (nSPS) is 10.2. The fraction of sp³-hybridized carbons (Fsp3) is 0.0909. The van der Waals surface area contributed by atoms with Crippen LogP contribution in [0.1, 0.15) is 5.56 Å². The Hall–Kier alpha value is -1.65. The predicted octanol–water partition coefficient (Wildman–Crippen LogP) is 7.93. The summed E-state index contributed by atoms with van der Waals surface area (Å²) in [6, 6.07) is 55.0. The van der Waals surface area contributed by atoms with E-state index >= 15 is 0 Å². The molecule has 4 heteroatoms. The van der Waals surface area contributed by atoms with Crippen molar-refractivity contribution in [3.63, 3.8) is 0 Å². The van der Waals surface area contributed by atoms with E-state index in [0.717, 1.165) is 0 Å². The molecule has 0 saturated carbocycles. The Balaban J connectivity index is 0.000000361. The van der Waals surface area contributed by atoms with Crippen LogP contribution in [0.25, 0.3) is 0 Å². The van der Waals surface area contributed by atoms with Crippen LogP contribution < -0.4 is 21.2 Å². The van der Waals surface area contributed by atoms with E-state index in [-0.39, 0.29) is 15.8 Å². The first kappa shape index (κ1) is 29.9. The monoisotopic (exact) mass is 722 g/mol. The molecule has 5 rings (SSSR count). The molecule has 190 valence electrons. The van der Waals surface area contributed by atoms with Gasteiger partial charge in [-0.1, -0.05) is 128 Å². The predicted molar refractivity (Wildman–Crippen MR) is 172 cm³/mol. The van der Waals surface area contributed by atoms with Crippen molar-refractivity contribution in [2.24, 2.45) is 0 Å². The van der Waals surface area contributed by atoms with Gasteiger partial charge in [-0.05, 0) is 49.4 Å². The van der Waals surface area contributed by atoms with Gasteiger partial charge in [0.05, 0.1) is 0 Å². The van der Waals surface area contributed by atoms with Crippen LogP contribution in [-0.2, 0) is 15.6 Å². The molecule has 0 N–H and O–H groups in total. The molecular weight excluding hydrogens is 692 g/mol. The molecule has 5 aromatic carbocycles. The number of rotatable bonds is 7. The second-order valence-corrected chi connectivity index (χ2v) is 12.9. The van der Waals surface area contributed by atoms with Gasteiger partial charge in [0.15, 0.2) is 0 Å². The van der Waals surface area contributed by atoms with E-state index in [4.69, 9.17) is 0 Å². The first-order chi connectivity index (χ1) is 18.3. The van der Waals surface area contributed by atoms with Gasteiger partial charge in [-0.3, -0.25) is 0 Å². The minimum absolute atomic E-state index is 0.348. The van der Waals surface area contributed by atoms with Crippen molar-refractivity contribution in [2.45, 2.75) is 6.92 Å². The van der Waals surface area contributed by atoms with Crippen LogP contribution in [0.5, 0.6) is 0 Å². The van der Waals surface area contributed by atoms with E-state index in [1.807, 2.05) is 43.8 Å². The molecule has 0 aliphatic heterocycles. The third kappa shape index (κ3) is 10.2. The van der Waals surface area contributed by atoms with Crippen LogP contribution in [0.2, 0.25) is 0 Å². The molecule has 0 saturated heterocycles. The van der Waals surface area contributed by atoms with E-state index in [2.05, 4.69) is 150 Å². The molecular formula is C33H31IP2Pd. The quantitative estimate of drug-likeness (QED) is 0.0694. The Morgan fingerprint density at radius 2 is 0.757 bits per heavy atom. The Labute approximate surface area is 246 Å². The second-order valence-electron chi connectivity index (χ2n) is 8.22. The fourth-order valence-electron chi connectivity index (χ4n) is 3.92. The summed E-state index contributed by atoms with van der Waals surface area (Å²) in [6.45, 7) is 2.06. The molecule has 0 heterocycles. The SMILES string of the molecule is Cc1cc[c-]cc1.[Pd+][I].c1ccc(P(CCP(c2ccccc2)c2ccccc2)c2ccccc2)cc1. The van der Waals surface area contributed by atoms with Crippen molar-refractivity contribution >= 4 is 56.6 Å². The number of hydrogen-bond acceptors (Lipinski definition) is 0. The summed E-state index contributed by atoms with van der Waals surface area (Å²) in [7, 11) is -0.696. The Morgan fingerprint density at radius 3 is 0.973 bits per heavy atom. The molecule has 0 aromatic heterocycles. The van der Waals surface area contributed by atoms with Gasteiger partial charge in [0.2, 0.25) is 0 Å². The zero-order chi connectivity index (χ0) is 26.1. The van der Waals surface area contributed by atoms with E-state index in [0.29, 0.717) is 0 Å². The van der Waals surface area contributed by atoms with Crippen LogP contribution in [0.3, 0.4) is 0 Å². The molecule has 0 unspecified atom stereocenters. The largest absolute Gasteiger partial charge is 0.0622 e. The number of hydrogen-bond donors (Lipinski definition) is 0. The van der Waals surface area contributed by atoms with Crippen LogP contribution in [0, 0.1) is 13.0 Å². The van der Waals surface area contributed by atoms with Gasteiger partial charge in [0, 0.05) is 0 Å². The topological polar surface area (TPSA) is 0 Å². The molecule has 0 fully saturated rings. The van der Waals surface area contributed by atoms with Gasteiger partial charge in [-0.15, -0.1) is 0 Å². The number of halogens is 1. The van der Waals surface area contributed by atoms with Gasteiger partial charge in [-0.25, -0.2) is 0 Å². The summed E-state index contributed by atoms with van der Waals surface area (Å²) >= 11 is 4.72. The number of aryl methyl sites for hydroxylation is 1. The maximum atomic E-state index is 2.93. The van der Waals surface area contributed by atoms with E-state index < -0.39 is 0 Å². The fourth-order valence-corrected chi connectivity index (χ4v) is 9.27. The molecule has 0 aliphatic carbocycles. The molecule has 0 radical (unpaired) electrons. The van der Waals surface area contributed by atoms with Crippen molar-refractivity contribution in [3.8, 4) is 0 Å². The molecule has 0 aliphatic rings. The van der Waals surface area contributed by atoms with Crippen molar-refractivity contribution < 1.29 is 15.6 Å². The van der Waals surface area contributed by atoms with Crippen LogP contribution >= 0.6 is 35.4 Å². The summed E-state index contributed by atoms with van der Waals surface area (Å²) in [6.07, 6.45) is 2.41. The first-order valence-electron chi connectivity index (χ1n) is 12.1. The molecule has 0 bridgehead atoms. The minimum atomic E-state index is -0.348. The second kappa shape index (κ2) is 17.8. The smallest absolute Gasteiger partial charge is 0.0195 e. The first-order valence-corrected chi connectivity index (χ1v) is 19.8. The van der Waals surface area contributed by atoms with Crippen LogP contribution in [0.4, 0.5) is 0 Å². The Morgan fingerprint density at radius 1 is 0.486 bits per heavy atom. The standard InChI is InChI=1S/C26H24P2.C7H7.HI.Pd/c1-5-13-23(14-6-1)27(24-15-7-2-8-16-24)21-22-28(25-17-9-3-10-18-25)26-19-11-4-12-20-26;1-7-5-3-2-4-6-7;;/h1-20H,21-22H2;3-6H,1H3;1H;/q;-1;;+2/p-1. The molecule has 37 heavy (non-hydrogen) atoms. The van der Waals surface area contributed by atoms with Crippen LogP contribution in [-0.4, -0.2) is 12.3 Å².